The molecule has 0 aliphatic carbocycles. The normalized spacial score (nSPS) is 17.3. The number of rotatable bonds is 5. The number of halogens is 2. The van der Waals surface area contributed by atoms with Gasteiger partial charge < -0.3 is 10.0 Å². The van der Waals surface area contributed by atoms with Crippen LogP contribution in [0.25, 0.3) is 5.69 Å². The van der Waals surface area contributed by atoms with Gasteiger partial charge in [-0.2, -0.15) is 5.10 Å². The second-order valence-electron chi connectivity index (χ2n) is 6.34. The van der Waals surface area contributed by atoms with Gasteiger partial charge in [-0.05, 0) is 50.8 Å². The molecule has 1 amide bonds. The third-order valence-corrected chi connectivity index (χ3v) is 4.58. The maximum atomic E-state index is 14.0. The van der Waals surface area contributed by atoms with E-state index in [0.29, 0.717) is 18.7 Å². The van der Waals surface area contributed by atoms with Gasteiger partial charge in [0.05, 0.1) is 0 Å². The summed E-state index contributed by atoms with van der Waals surface area (Å²) < 4.78 is 28.4. The van der Waals surface area contributed by atoms with Crippen LogP contribution in [0.5, 0.6) is 0 Å². The van der Waals surface area contributed by atoms with E-state index in [4.69, 9.17) is 5.11 Å². The Morgan fingerprint density at radius 3 is 2.88 bits per heavy atom. The predicted molar refractivity (Wildman–Crippen MR) is 88.6 cm³/mol. The number of aromatic nitrogens is 2. The lowest BCUT2D eigenvalue weighted by Crippen LogP contribution is -2.36. The van der Waals surface area contributed by atoms with Crippen LogP contribution in [0.15, 0.2) is 24.3 Å². The molecule has 2 aromatic rings. The summed E-state index contributed by atoms with van der Waals surface area (Å²) >= 11 is 0. The highest BCUT2D eigenvalue weighted by Gasteiger charge is 2.30. The van der Waals surface area contributed by atoms with Crippen LogP contribution in [-0.4, -0.2) is 44.9 Å². The topological polar surface area (TPSA) is 58.4 Å². The minimum absolute atomic E-state index is 0.104. The van der Waals surface area contributed by atoms with Gasteiger partial charge in [-0.25, -0.2) is 13.5 Å². The second-order valence-corrected chi connectivity index (χ2v) is 6.34. The molecule has 1 atom stereocenters. The number of carbonyl (C=O) groups is 1. The molecule has 1 aliphatic heterocycles. The lowest BCUT2D eigenvalue weighted by molar-refractivity contribution is 0.0718. The van der Waals surface area contributed by atoms with Crippen molar-refractivity contribution in [2.24, 2.45) is 0 Å². The van der Waals surface area contributed by atoms with Gasteiger partial charge in [-0.3, -0.25) is 4.79 Å². The fraction of sp³-hybridized carbons (Fsp3) is 0.444. The van der Waals surface area contributed by atoms with E-state index in [1.54, 1.807) is 17.9 Å². The van der Waals surface area contributed by atoms with Crippen LogP contribution in [0.2, 0.25) is 0 Å². The highest BCUT2D eigenvalue weighted by atomic mass is 19.1. The van der Waals surface area contributed by atoms with Crippen molar-refractivity contribution >= 4 is 5.91 Å². The maximum absolute atomic E-state index is 14.0. The van der Waals surface area contributed by atoms with E-state index in [0.717, 1.165) is 31.4 Å². The van der Waals surface area contributed by atoms with E-state index >= 15 is 0 Å². The largest absolute Gasteiger partial charge is 0.396 e. The van der Waals surface area contributed by atoms with Crippen LogP contribution in [0, 0.1) is 18.6 Å². The fourth-order valence-electron chi connectivity index (χ4n) is 3.35. The summed E-state index contributed by atoms with van der Waals surface area (Å²) in [7, 11) is 0. The molecule has 3 rings (SSSR count). The first-order valence-corrected chi connectivity index (χ1v) is 8.45. The Bertz CT molecular complexity index is 776. The molecule has 1 aliphatic rings. The second kappa shape index (κ2) is 7.31. The molecule has 1 unspecified atom stereocenters. The summed E-state index contributed by atoms with van der Waals surface area (Å²) in [5.41, 5.74) is 0.952. The summed E-state index contributed by atoms with van der Waals surface area (Å²) in [6, 6.07) is 4.98. The molecule has 2 heterocycles. The SMILES string of the molecule is Cc1cc(C(=O)N2CCCC2CCCO)nn1-c1ccc(F)cc1F. The number of aliphatic hydroxyl groups excluding tert-OH is 1. The molecule has 134 valence electrons. The lowest BCUT2D eigenvalue weighted by atomic mass is 10.1. The molecule has 25 heavy (non-hydrogen) atoms. The van der Waals surface area contributed by atoms with Crippen LogP contribution >= 0.6 is 0 Å². The van der Waals surface area contributed by atoms with E-state index in [-0.39, 0.29) is 29.9 Å². The van der Waals surface area contributed by atoms with Crippen LogP contribution in [0.1, 0.15) is 41.9 Å². The van der Waals surface area contributed by atoms with Crippen molar-refractivity contribution in [2.75, 3.05) is 13.2 Å². The van der Waals surface area contributed by atoms with Crippen molar-refractivity contribution in [1.29, 1.82) is 0 Å². The zero-order chi connectivity index (χ0) is 18.0. The van der Waals surface area contributed by atoms with Gasteiger partial charge in [0.25, 0.3) is 5.91 Å². The zero-order valence-corrected chi connectivity index (χ0v) is 14.1. The number of hydrogen-bond acceptors (Lipinski definition) is 3. The maximum Gasteiger partial charge on any atom is 0.274 e. The van der Waals surface area contributed by atoms with Gasteiger partial charge in [-0.15, -0.1) is 0 Å². The summed E-state index contributed by atoms with van der Waals surface area (Å²) in [5.74, 6) is -1.58. The van der Waals surface area contributed by atoms with Gasteiger partial charge in [0.2, 0.25) is 0 Å². The minimum Gasteiger partial charge on any atom is -0.396 e. The van der Waals surface area contributed by atoms with Crippen molar-refractivity contribution in [3.05, 3.63) is 47.3 Å². The highest BCUT2D eigenvalue weighted by molar-refractivity contribution is 5.93. The molecule has 0 radical (unpaired) electrons. The van der Waals surface area contributed by atoms with Crippen molar-refractivity contribution in [2.45, 2.75) is 38.6 Å². The van der Waals surface area contributed by atoms with Gasteiger partial charge in [0, 0.05) is 31.0 Å². The van der Waals surface area contributed by atoms with Crippen LogP contribution in [0.4, 0.5) is 8.78 Å². The van der Waals surface area contributed by atoms with E-state index in [1.807, 2.05) is 0 Å². The Balaban J connectivity index is 1.85. The minimum atomic E-state index is -0.729. The Morgan fingerprint density at radius 2 is 2.16 bits per heavy atom. The number of benzene rings is 1. The smallest absolute Gasteiger partial charge is 0.274 e. The molecule has 0 spiro atoms. The van der Waals surface area contributed by atoms with Crippen LogP contribution in [-0.2, 0) is 0 Å². The first-order chi connectivity index (χ1) is 12.0. The fourth-order valence-corrected chi connectivity index (χ4v) is 3.35. The number of nitrogens with zero attached hydrogens (tertiary/aromatic N) is 3. The van der Waals surface area contributed by atoms with Crippen molar-refractivity contribution in [1.82, 2.24) is 14.7 Å². The number of likely N-dealkylation sites (tertiary alicyclic amines) is 1. The molecule has 0 bridgehead atoms. The molecule has 7 heteroatoms. The number of carbonyl (C=O) groups excluding carboxylic acids is 1. The molecule has 5 nitrogen and oxygen atoms in total. The molecular formula is C18H21F2N3O2. The third kappa shape index (κ3) is 3.56. The van der Waals surface area contributed by atoms with Crippen molar-refractivity contribution in [3.8, 4) is 5.69 Å². The molecule has 1 saturated heterocycles. The first-order valence-electron chi connectivity index (χ1n) is 8.45. The third-order valence-electron chi connectivity index (χ3n) is 4.58. The average Bonchev–Trinajstić information content (AvgIpc) is 3.19. The Hall–Kier alpha value is -2.28. The van der Waals surface area contributed by atoms with Crippen LogP contribution < -0.4 is 0 Å². The van der Waals surface area contributed by atoms with Gasteiger partial charge in [-0.1, -0.05) is 0 Å². The molecule has 1 aromatic carbocycles. The van der Waals surface area contributed by atoms with E-state index in [9.17, 15) is 13.6 Å². The standard InChI is InChI=1S/C18H21F2N3O2/c1-12-10-16(18(25)22-8-2-4-14(22)5-3-9-24)21-23(12)17-7-6-13(19)11-15(17)20/h6-7,10-11,14,24H,2-5,8-9H2,1H3. The number of aliphatic hydroxyl groups is 1. The molecular weight excluding hydrogens is 328 g/mol. The lowest BCUT2D eigenvalue weighted by Gasteiger charge is -2.23. The average molecular weight is 349 g/mol. The van der Waals surface area contributed by atoms with Crippen molar-refractivity contribution < 1.29 is 18.7 Å². The summed E-state index contributed by atoms with van der Waals surface area (Å²) in [6.07, 6.45) is 3.25. The van der Waals surface area contributed by atoms with Crippen molar-refractivity contribution in [3.63, 3.8) is 0 Å². The number of hydrogen-bond donors (Lipinski definition) is 1. The van der Waals surface area contributed by atoms with E-state index < -0.39 is 11.6 Å². The Labute approximate surface area is 144 Å². The predicted octanol–water partition coefficient (Wildman–Crippen LogP) is 2.84. The summed E-state index contributed by atoms with van der Waals surface area (Å²) in [4.78, 5) is 14.6. The quantitative estimate of drug-likeness (QED) is 0.903. The Morgan fingerprint density at radius 1 is 1.36 bits per heavy atom. The molecule has 0 saturated carbocycles. The van der Waals surface area contributed by atoms with Gasteiger partial charge in [0.1, 0.15) is 11.5 Å². The summed E-state index contributed by atoms with van der Waals surface area (Å²) in [5, 5.41) is 13.2. The molecule has 1 aromatic heterocycles. The number of amides is 1. The van der Waals surface area contributed by atoms with E-state index in [2.05, 4.69) is 5.10 Å². The number of aryl methyl sites for hydroxylation is 1. The van der Waals surface area contributed by atoms with Gasteiger partial charge in [0.15, 0.2) is 11.5 Å². The van der Waals surface area contributed by atoms with Gasteiger partial charge >= 0.3 is 0 Å². The first kappa shape index (κ1) is 17.5. The summed E-state index contributed by atoms with van der Waals surface area (Å²) in [6.45, 7) is 2.49. The zero-order valence-electron chi connectivity index (χ0n) is 14.1. The monoisotopic (exact) mass is 349 g/mol. The molecule has 1 fully saturated rings. The Kier molecular flexibility index (Phi) is 5.13. The van der Waals surface area contributed by atoms with Crippen LogP contribution in [0.3, 0.4) is 0 Å². The van der Waals surface area contributed by atoms with E-state index in [1.165, 1.54) is 10.7 Å². The highest BCUT2D eigenvalue weighted by Crippen LogP contribution is 2.24. The molecule has 1 N–H and O–H groups in total.